The molecule has 0 aliphatic heterocycles. The molecule has 1 aromatic carbocycles. The van der Waals surface area contributed by atoms with E-state index in [9.17, 15) is 4.39 Å². The first-order chi connectivity index (χ1) is 8.06. The van der Waals surface area contributed by atoms with Gasteiger partial charge in [0.1, 0.15) is 5.82 Å². The van der Waals surface area contributed by atoms with Gasteiger partial charge in [-0.3, -0.25) is 0 Å². The lowest BCUT2D eigenvalue weighted by Crippen LogP contribution is -2.11. The van der Waals surface area contributed by atoms with Crippen molar-refractivity contribution in [3.8, 4) is 0 Å². The van der Waals surface area contributed by atoms with Gasteiger partial charge in [0.25, 0.3) is 0 Å². The standard InChI is InChI=1S/C15H20FN/c1-5-17-9-8-12(3)13(4)14-10-11(2)6-7-15(14)16/h5-7,10,12,17H,1,4,8-9H2,2-3H3. The number of rotatable bonds is 6. The number of hydrogen-bond acceptors (Lipinski definition) is 1. The smallest absolute Gasteiger partial charge is 0.130 e. The molecule has 0 heterocycles. The molecule has 2 heteroatoms. The first kappa shape index (κ1) is 13.5. The van der Waals surface area contributed by atoms with Crippen molar-refractivity contribution in [3.05, 3.63) is 54.5 Å². The molecule has 17 heavy (non-hydrogen) atoms. The van der Waals surface area contributed by atoms with Crippen molar-refractivity contribution in [2.45, 2.75) is 20.3 Å². The zero-order valence-corrected chi connectivity index (χ0v) is 10.6. The van der Waals surface area contributed by atoms with Gasteiger partial charge in [0.05, 0.1) is 0 Å². The molecule has 0 bridgehead atoms. The van der Waals surface area contributed by atoms with Crippen LogP contribution in [0.4, 0.5) is 4.39 Å². The van der Waals surface area contributed by atoms with Crippen LogP contribution in [0.1, 0.15) is 24.5 Å². The molecule has 0 spiro atoms. The topological polar surface area (TPSA) is 12.0 Å². The largest absolute Gasteiger partial charge is 0.391 e. The average Bonchev–Trinajstić information content (AvgIpc) is 2.31. The number of benzene rings is 1. The lowest BCUT2D eigenvalue weighted by molar-refractivity contribution is 0.607. The fourth-order valence-electron chi connectivity index (χ4n) is 1.73. The highest BCUT2D eigenvalue weighted by atomic mass is 19.1. The van der Waals surface area contributed by atoms with Crippen LogP contribution in [-0.2, 0) is 0 Å². The number of nitrogens with one attached hydrogen (secondary N) is 1. The molecule has 0 fully saturated rings. The second-order valence-electron chi connectivity index (χ2n) is 4.36. The summed E-state index contributed by atoms with van der Waals surface area (Å²) < 4.78 is 13.7. The Balaban J connectivity index is 2.74. The molecule has 1 nitrogen and oxygen atoms in total. The third-order valence-corrected chi connectivity index (χ3v) is 2.93. The Bertz CT molecular complexity index is 409. The van der Waals surface area contributed by atoms with Crippen molar-refractivity contribution in [1.29, 1.82) is 0 Å². The summed E-state index contributed by atoms with van der Waals surface area (Å²) in [6.45, 7) is 12.5. The molecule has 0 aromatic heterocycles. The van der Waals surface area contributed by atoms with E-state index in [4.69, 9.17) is 0 Å². The normalized spacial score (nSPS) is 11.9. The van der Waals surface area contributed by atoms with E-state index in [1.807, 2.05) is 13.0 Å². The minimum absolute atomic E-state index is 0.191. The van der Waals surface area contributed by atoms with Gasteiger partial charge in [-0.2, -0.15) is 0 Å². The summed E-state index contributed by atoms with van der Waals surface area (Å²) in [4.78, 5) is 0. The molecule has 1 unspecified atom stereocenters. The van der Waals surface area contributed by atoms with Crippen LogP contribution in [0.15, 0.2) is 37.6 Å². The van der Waals surface area contributed by atoms with Crippen LogP contribution in [-0.4, -0.2) is 6.54 Å². The number of aryl methyl sites for hydroxylation is 1. The van der Waals surface area contributed by atoms with Crippen molar-refractivity contribution in [2.24, 2.45) is 5.92 Å². The minimum Gasteiger partial charge on any atom is -0.391 e. The second-order valence-corrected chi connectivity index (χ2v) is 4.36. The van der Waals surface area contributed by atoms with Gasteiger partial charge in [-0.05, 0) is 43.2 Å². The Hall–Kier alpha value is -1.57. The zero-order chi connectivity index (χ0) is 12.8. The highest BCUT2D eigenvalue weighted by Gasteiger charge is 2.12. The lowest BCUT2D eigenvalue weighted by atomic mass is 9.91. The van der Waals surface area contributed by atoms with E-state index in [-0.39, 0.29) is 11.7 Å². The molecule has 0 aliphatic carbocycles. The van der Waals surface area contributed by atoms with Crippen molar-refractivity contribution < 1.29 is 4.39 Å². The second kappa shape index (κ2) is 6.24. The van der Waals surface area contributed by atoms with Crippen molar-refractivity contribution in [2.75, 3.05) is 6.54 Å². The van der Waals surface area contributed by atoms with Crippen LogP contribution in [0.2, 0.25) is 0 Å². The Morgan fingerprint density at radius 1 is 1.53 bits per heavy atom. The van der Waals surface area contributed by atoms with E-state index in [1.165, 1.54) is 6.07 Å². The molecule has 1 rings (SSSR count). The molecular formula is C15H20FN. The van der Waals surface area contributed by atoms with Crippen molar-refractivity contribution in [3.63, 3.8) is 0 Å². The summed E-state index contributed by atoms with van der Waals surface area (Å²) in [5, 5.41) is 3.04. The fourth-order valence-corrected chi connectivity index (χ4v) is 1.73. The van der Waals surface area contributed by atoms with Gasteiger partial charge in [0, 0.05) is 12.1 Å². The molecule has 0 saturated carbocycles. The van der Waals surface area contributed by atoms with Gasteiger partial charge in [-0.15, -0.1) is 0 Å². The molecule has 1 aromatic rings. The van der Waals surface area contributed by atoms with Gasteiger partial charge in [0.15, 0.2) is 0 Å². The maximum Gasteiger partial charge on any atom is 0.130 e. The van der Waals surface area contributed by atoms with Crippen LogP contribution >= 0.6 is 0 Å². The van der Waals surface area contributed by atoms with Crippen LogP contribution in [0.25, 0.3) is 5.57 Å². The summed E-state index contributed by atoms with van der Waals surface area (Å²) in [6, 6.07) is 5.13. The maximum absolute atomic E-state index is 13.7. The molecule has 1 N–H and O–H groups in total. The highest BCUT2D eigenvalue weighted by molar-refractivity contribution is 5.66. The van der Waals surface area contributed by atoms with E-state index < -0.39 is 0 Å². The lowest BCUT2D eigenvalue weighted by Gasteiger charge is -2.16. The Labute approximate surface area is 103 Å². The molecular weight excluding hydrogens is 213 g/mol. The third kappa shape index (κ3) is 3.74. The SMILES string of the molecule is C=CNCCC(C)C(=C)c1cc(C)ccc1F. The monoisotopic (exact) mass is 233 g/mol. The van der Waals surface area contributed by atoms with Crippen LogP contribution in [0, 0.1) is 18.7 Å². The van der Waals surface area contributed by atoms with Crippen molar-refractivity contribution >= 4 is 5.57 Å². The molecule has 0 aliphatic rings. The predicted octanol–water partition coefficient (Wildman–Crippen LogP) is 3.91. The first-order valence-corrected chi connectivity index (χ1v) is 5.86. The van der Waals surface area contributed by atoms with Gasteiger partial charge in [0.2, 0.25) is 0 Å². The Morgan fingerprint density at radius 3 is 2.88 bits per heavy atom. The number of allylic oxidation sites excluding steroid dienone is 1. The highest BCUT2D eigenvalue weighted by Crippen LogP contribution is 2.26. The predicted molar refractivity (Wildman–Crippen MR) is 72.2 cm³/mol. The molecule has 92 valence electrons. The summed E-state index contributed by atoms with van der Waals surface area (Å²) in [6.07, 6.45) is 2.58. The molecule has 0 radical (unpaired) electrons. The zero-order valence-electron chi connectivity index (χ0n) is 10.6. The molecule has 0 amide bonds. The molecule has 1 atom stereocenters. The van der Waals surface area contributed by atoms with Gasteiger partial charge in [-0.1, -0.05) is 31.7 Å². The quantitative estimate of drug-likeness (QED) is 0.735. The van der Waals surface area contributed by atoms with Gasteiger partial charge >= 0.3 is 0 Å². The van der Waals surface area contributed by atoms with Gasteiger partial charge in [-0.25, -0.2) is 4.39 Å². The summed E-state index contributed by atoms with van der Waals surface area (Å²) in [5.74, 6) is 0.0582. The van der Waals surface area contributed by atoms with E-state index in [1.54, 1.807) is 12.3 Å². The van der Waals surface area contributed by atoms with Crippen LogP contribution in [0.5, 0.6) is 0 Å². The Morgan fingerprint density at radius 2 is 2.24 bits per heavy atom. The average molecular weight is 233 g/mol. The molecule has 0 saturated heterocycles. The van der Waals surface area contributed by atoms with E-state index in [0.717, 1.165) is 24.1 Å². The van der Waals surface area contributed by atoms with Crippen molar-refractivity contribution in [1.82, 2.24) is 5.32 Å². The first-order valence-electron chi connectivity index (χ1n) is 5.86. The van der Waals surface area contributed by atoms with Gasteiger partial charge < -0.3 is 5.32 Å². The van der Waals surface area contributed by atoms with E-state index >= 15 is 0 Å². The number of halogens is 1. The fraction of sp³-hybridized carbons (Fsp3) is 0.333. The Kier molecular flexibility index (Phi) is 4.95. The minimum atomic E-state index is -0.191. The summed E-state index contributed by atoms with van der Waals surface area (Å²) >= 11 is 0. The van der Waals surface area contributed by atoms with E-state index in [0.29, 0.717) is 5.56 Å². The van der Waals surface area contributed by atoms with Crippen LogP contribution < -0.4 is 5.32 Å². The summed E-state index contributed by atoms with van der Waals surface area (Å²) in [7, 11) is 0. The number of hydrogen-bond donors (Lipinski definition) is 1. The third-order valence-electron chi connectivity index (χ3n) is 2.93. The van der Waals surface area contributed by atoms with E-state index in [2.05, 4.69) is 25.4 Å². The van der Waals surface area contributed by atoms with Crippen LogP contribution in [0.3, 0.4) is 0 Å². The summed E-state index contributed by atoms with van der Waals surface area (Å²) in [5.41, 5.74) is 2.55. The maximum atomic E-state index is 13.7.